The highest BCUT2D eigenvalue weighted by Gasteiger charge is 2.19. The van der Waals surface area contributed by atoms with E-state index in [0.717, 1.165) is 10.9 Å². The molecule has 2 aromatic heterocycles. The van der Waals surface area contributed by atoms with Gasteiger partial charge in [0.15, 0.2) is 17.1 Å². The maximum atomic E-state index is 11.6. The predicted molar refractivity (Wildman–Crippen MR) is 96.3 cm³/mol. The van der Waals surface area contributed by atoms with Crippen molar-refractivity contribution in [2.24, 2.45) is 10.2 Å². The second kappa shape index (κ2) is 6.21. The van der Waals surface area contributed by atoms with Gasteiger partial charge in [0.1, 0.15) is 0 Å². The van der Waals surface area contributed by atoms with Gasteiger partial charge in [-0.3, -0.25) is 4.98 Å². The number of azo groups is 1. The Bertz CT molecular complexity index is 1180. The first-order valence-electron chi connectivity index (χ1n) is 7.75. The topological polar surface area (TPSA) is 108 Å². The fourth-order valence-corrected chi connectivity index (χ4v) is 2.71. The van der Waals surface area contributed by atoms with E-state index in [-0.39, 0.29) is 17.1 Å². The molecule has 7 heteroatoms. The number of para-hydroxylation sites is 1. The van der Waals surface area contributed by atoms with Gasteiger partial charge in [-0.1, -0.05) is 18.2 Å². The highest BCUT2D eigenvalue weighted by molar-refractivity contribution is 6.00. The van der Waals surface area contributed by atoms with Gasteiger partial charge in [-0.05, 0) is 36.4 Å². The lowest BCUT2D eigenvalue weighted by Gasteiger charge is -2.07. The summed E-state index contributed by atoms with van der Waals surface area (Å²) in [4.78, 5) is 19.9. The van der Waals surface area contributed by atoms with E-state index in [4.69, 9.17) is 0 Å². The van der Waals surface area contributed by atoms with E-state index >= 15 is 0 Å². The average Bonchev–Trinajstić information content (AvgIpc) is 2.67. The highest BCUT2D eigenvalue weighted by atomic mass is 16.4. The number of carbonyl (C=O) groups is 1. The minimum absolute atomic E-state index is 0.183. The second-order valence-corrected chi connectivity index (χ2v) is 5.53. The molecule has 0 saturated heterocycles. The van der Waals surface area contributed by atoms with Crippen molar-refractivity contribution in [2.45, 2.75) is 0 Å². The van der Waals surface area contributed by atoms with Gasteiger partial charge in [-0.25, -0.2) is 9.78 Å². The maximum Gasteiger partial charge on any atom is 0.357 e. The van der Waals surface area contributed by atoms with Gasteiger partial charge in [-0.2, -0.15) is 0 Å². The fourth-order valence-electron chi connectivity index (χ4n) is 2.71. The minimum atomic E-state index is -1.29. The Morgan fingerprint density at radius 3 is 2.50 bits per heavy atom. The van der Waals surface area contributed by atoms with Crippen LogP contribution < -0.4 is 0 Å². The third-order valence-corrected chi connectivity index (χ3v) is 3.92. The van der Waals surface area contributed by atoms with E-state index in [1.807, 2.05) is 12.1 Å². The molecule has 0 fully saturated rings. The van der Waals surface area contributed by atoms with E-state index in [9.17, 15) is 15.0 Å². The number of fused-ring (bicyclic) bond motifs is 2. The van der Waals surface area contributed by atoms with Gasteiger partial charge < -0.3 is 10.2 Å². The summed E-state index contributed by atoms with van der Waals surface area (Å²) >= 11 is 0. The Kier molecular flexibility index (Phi) is 3.74. The van der Waals surface area contributed by atoms with Crippen molar-refractivity contribution in [3.63, 3.8) is 0 Å². The van der Waals surface area contributed by atoms with Crippen LogP contribution in [0.3, 0.4) is 0 Å². The first kappa shape index (κ1) is 15.6. The summed E-state index contributed by atoms with van der Waals surface area (Å²) in [6, 6.07) is 15.7. The second-order valence-electron chi connectivity index (χ2n) is 5.53. The van der Waals surface area contributed by atoms with E-state index in [1.165, 1.54) is 0 Å². The summed E-state index contributed by atoms with van der Waals surface area (Å²) in [5.41, 5.74) is 1.08. The maximum absolute atomic E-state index is 11.6. The molecule has 0 aliphatic rings. The van der Waals surface area contributed by atoms with Crippen LogP contribution in [0, 0.1) is 0 Å². The lowest BCUT2D eigenvalue weighted by molar-refractivity contribution is 0.0691. The number of carboxylic acid groups (broad SMARTS) is 1. The molecule has 126 valence electrons. The van der Waals surface area contributed by atoms with Crippen molar-refractivity contribution in [2.75, 3.05) is 0 Å². The van der Waals surface area contributed by atoms with E-state index in [1.54, 1.807) is 48.7 Å². The average molecular weight is 344 g/mol. The van der Waals surface area contributed by atoms with Gasteiger partial charge >= 0.3 is 5.97 Å². The molecule has 7 nitrogen and oxygen atoms in total. The van der Waals surface area contributed by atoms with Crippen molar-refractivity contribution in [1.29, 1.82) is 0 Å². The number of carboxylic acids is 1. The van der Waals surface area contributed by atoms with Crippen molar-refractivity contribution >= 4 is 39.1 Å². The fraction of sp³-hybridized carbons (Fsp3) is 0. The number of hydrogen-bond acceptors (Lipinski definition) is 6. The van der Waals surface area contributed by atoms with Crippen molar-refractivity contribution in [3.8, 4) is 5.75 Å². The van der Waals surface area contributed by atoms with Crippen LogP contribution in [0.25, 0.3) is 21.8 Å². The molecule has 0 bridgehead atoms. The Labute approximate surface area is 147 Å². The standard InChI is InChI=1S/C19H12N4O3/c24-18-12-5-1-2-7-14(12)21-17(19(25)26)16(18)23-22-15-9-3-8-13-11(15)6-4-10-20-13/h1-10H,(H,21,24)(H,25,26)/b23-22+. The van der Waals surface area contributed by atoms with Crippen LogP contribution in [0.5, 0.6) is 5.75 Å². The number of nitrogens with zero attached hydrogens (tertiary/aromatic N) is 4. The Balaban J connectivity index is 1.91. The van der Waals surface area contributed by atoms with E-state index < -0.39 is 5.97 Å². The number of aromatic hydroxyl groups is 1. The number of rotatable bonds is 3. The first-order chi connectivity index (χ1) is 12.6. The van der Waals surface area contributed by atoms with Crippen LogP contribution in [-0.2, 0) is 0 Å². The summed E-state index contributed by atoms with van der Waals surface area (Å²) in [7, 11) is 0. The van der Waals surface area contributed by atoms with E-state index in [0.29, 0.717) is 16.6 Å². The first-order valence-corrected chi connectivity index (χ1v) is 7.75. The molecular weight excluding hydrogens is 332 g/mol. The molecule has 0 unspecified atom stereocenters. The van der Waals surface area contributed by atoms with Crippen LogP contribution in [0.4, 0.5) is 11.4 Å². The van der Waals surface area contributed by atoms with Crippen LogP contribution >= 0.6 is 0 Å². The molecule has 2 N–H and O–H groups in total. The zero-order chi connectivity index (χ0) is 18.1. The van der Waals surface area contributed by atoms with Gasteiger partial charge in [-0.15, -0.1) is 10.2 Å². The summed E-state index contributed by atoms with van der Waals surface area (Å²) in [5.74, 6) is -1.56. The van der Waals surface area contributed by atoms with Crippen LogP contribution in [0.1, 0.15) is 10.5 Å². The molecule has 2 aromatic carbocycles. The molecular formula is C19H12N4O3. The van der Waals surface area contributed by atoms with Crippen LogP contribution in [0.15, 0.2) is 71.0 Å². The van der Waals surface area contributed by atoms with Gasteiger partial charge in [0.2, 0.25) is 0 Å². The predicted octanol–water partition coefficient (Wildman–Crippen LogP) is 4.60. The molecule has 4 rings (SSSR count). The Morgan fingerprint density at radius 2 is 1.65 bits per heavy atom. The SMILES string of the molecule is O=C(O)c1nc2ccccc2c(O)c1/N=N/c1cccc2ncccc12. The number of pyridine rings is 2. The quantitative estimate of drug-likeness (QED) is 0.528. The van der Waals surface area contributed by atoms with Gasteiger partial charge in [0.25, 0.3) is 0 Å². The Morgan fingerprint density at radius 1 is 0.885 bits per heavy atom. The summed E-state index contributed by atoms with van der Waals surface area (Å²) in [6.45, 7) is 0. The van der Waals surface area contributed by atoms with Crippen molar-refractivity contribution < 1.29 is 15.0 Å². The minimum Gasteiger partial charge on any atom is -0.505 e. The van der Waals surface area contributed by atoms with Gasteiger partial charge in [0, 0.05) is 17.0 Å². The lowest BCUT2D eigenvalue weighted by atomic mass is 10.1. The van der Waals surface area contributed by atoms with Gasteiger partial charge in [0.05, 0.1) is 16.7 Å². The van der Waals surface area contributed by atoms with Crippen molar-refractivity contribution in [1.82, 2.24) is 9.97 Å². The molecule has 0 saturated carbocycles. The van der Waals surface area contributed by atoms with E-state index in [2.05, 4.69) is 20.2 Å². The molecule has 0 atom stereocenters. The number of aromatic carboxylic acids is 1. The molecule has 26 heavy (non-hydrogen) atoms. The molecule has 0 radical (unpaired) electrons. The number of hydrogen-bond donors (Lipinski definition) is 2. The molecule has 2 heterocycles. The third kappa shape index (κ3) is 2.61. The zero-order valence-electron chi connectivity index (χ0n) is 13.4. The largest absolute Gasteiger partial charge is 0.505 e. The number of aromatic nitrogens is 2. The third-order valence-electron chi connectivity index (χ3n) is 3.92. The van der Waals surface area contributed by atoms with Crippen molar-refractivity contribution in [3.05, 3.63) is 66.5 Å². The number of benzene rings is 2. The molecule has 0 amide bonds. The smallest absolute Gasteiger partial charge is 0.357 e. The Hall–Kier alpha value is -3.87. The van der Waals surface area contributed by atoms with Crippen LogP contribution in [0.2, 0.25) is 0 Å². The zero-order valence-corrected chi connectivity index (χ0v) is 13.4. The monoisotopic (exact) mass is 344 g/mol. The molecule has 0 aliphatic heterocycles. The van der Waals surface area contributed by atoms with Crippen LogP contribution in [-0.4, -0.2) is 26.2 Å². The summed E-state index contributed by atoms with van der Waals surface area (Å²) in [6.07, 6.45) is 1.67. The summed E-state index contributed by atoms with van der Waals surface area (Å²) < 4.78 is 0. The molecule has 0 spiro atoms. The molecule has 0 aliphatic carbocycles. The lowest BCUT2D eigenvalue weighted by Crippen LogP contribution is -2.01. The molecule has 4 aromatic rings. The highest BCUT2D eigenvalue weighted by Crippen LogP contribution is 2.37. The normalized spacial score (nSPS) is 11.4. The summed E-state index contributed by atoms with van der Waals surface area (Å²) in [5, 5.41) is 29.2.